The van der Waals surface area contributed by atoms with E-state index in [9.17, 15) is 9.59 Å². The number of benzene rings is 1. The van der Waals surface area contributed by atoms with Crippen LogP contribution in [-0.2, 0) is 14.3 Å². The van der Waals surface area contributed by atoms with Crippen molar-refractivity contribution in [3.8, 4) is 0 Å². The molecule has 0 aliphatic carbocycles. The predicted octanol–water partition coefficient (Wildman–Crippen LogP) is 1.97. The van der Waals surface area contributed by atoms with Gasteiger partial charge in [-0.05, 0) is 18.4 Å². The molecule has 1 aliphatic heterocycles. The minimum atomic E-state index is -0.585. The number of carbonyl (C=O) groups excluding carboxylic acids is 2. The van der Waals surface area contributed by atoms with Crippen molar-refractivity contribution in [2.75, 3.05) is 12.9 Å². The molecular formula is C12H10O4S. The van der Waals surface area contributed by atoms with E-state index < -0.39 is 11.9 Å². The summed E-state index contributed by atoms with van der Waals surface area (Å²) in [4.78, 5) is 23.7. The molecule has 0 atom stereocenters. The van der Waals surface area contributed by atoms with E-state index in [0.717, 1.165) is 0 Å². The van der Waals surface area contributed by atoms with E-state index in [1.165, 1.54) is 11.8 Å². The Labute approximate surface area is 103 Å². The van der Waals surface area contributed by atoms with Crippen molar-refractivity contribution in [2.24, 2.45) is 0 Å². The van der Waals surface area contributed by atoms with Crippen molar-refractivity contribution >= 4 is 23.7 Å². The molecule has 88 valence electrons. The van der Waals surface area contributed by atoms with E-state index in [1.54, 1.807) is 36.6 Å². The molecule has 0 aromatic heterocycles. The average molecular weight is 250 g/mol. The Balaban J connectivity index is 2.17. The molecule has 0 spiro atoms. The molecule has 5 heteroatoms. The third kappa shape index (κ3) is 2.50. The molecule has 1 aliphatic rings. The quantitative estimate of drug-likeness (QED) is 0.768. The second-order valence-electron chi connectivity index (χ2n) is 3.29. The van der Waals surface area contributed by atoms with Gasteiger partial charge in [0.05, 0.1) is 10.5 Å². The molecular weight excluding hydrogens is 240 g/mol. The van der Waals surface area contributed by atoms with Gasteiger partial charge in [-0.1, -0.05) is 18.2 Å². The van der Waals surface area contributed by atoms with Crippen LogP contribution in [0.25, 0.3) is 0 Å². The van der Waals surface area contributed by atoms with Crippen LogP contribution < -0.4 is 0 Å². The largest absolute Gasteiger partial charge is 0.454 e. The fourth-order valence-corrected chi connectivity index (χ4v) is 1.84. The Hall–Kier alpha value is -1.75. The van der Waals surface area contributed by atoms with E-state index in [4.69, 9.17) is 9.47 Å². The number of ether oxygens (including phenoxy) is 2. The monoisotopic (exact) mass is 250 g/mol. The molecule has 4 nitrogen and oxygen atoms in total. The zero-order valence-electron chi connectivity index (χ0n) is 9.14. The molecule has 1 aromatic carbocycles. The van der Waals surface area contributed by atoms with Crippen LogP contribution in [0, 0.1) is 0 Å². The van der Waals surface area contributed by atoms with Crippen molar-refractivity contribution in [3.63, 3.8) is 0 Å². The summed E-state index contributed by atoms with van der Waals surface area (Å²) in [6.07, 6.45) is 1.80. The maximum atomic E-state index is 11.7. The molecule has 0 bridgehead atoms. The summed E-state index contributed by atoms with van der Waals surface area (Å²) in [5.41, 5.74) is 0.403. The lowest BCUT2D eigenvalue weighted by atomic mass is 10.2. The summed E-state index contributed by atoms with van der Waals surface area (Å²) in [7, 11) is 0. The molecule has 0 saturated carbocycles. The Morgan fingerprint density at radius 1 is 1.35 bits per heavy atom. The van der Waals surface area contributed by atoms with Crippen molar-refractivity contribution in [1.29, 1.82) is 0 Å². The van der Waals surface area contributed by atoms with Gasteiger partial charge in [0.25, 0.3) is 0 Å². The lowest BCUT2D eigenvalue weighted by Crippen LogP contribution is -2.10. The Morgan fingerprint density at radius 2 is 2.06 bits per heavy atom. The SMILES string of the molecule is CSC1=C(OC(=O)c2ccccc2)C(=O)OC1. The highest BCUT2D eigenvalue weighted by atomic mass is 32.2. The van der Waals surface area contributed by atoms with Gasteiger partial charge in [-0.25, -0.2) is 9.59 Å². The van der Waals surface area contributed by atoms with Crippen molar-refractivity contribution in [2.45, 2.75) is 0 Å². The number of thioether (sulfide) groups is 1. The first-order valence-electron chi connectivity index (χ1n) is 4.94. The zero-order chi connectivity index (χ0) is 12.3. The summed E-state index contributed by atoms with van der Waals surface area (Å²) in [6, 6.07) is 8.51. The van der Waals surface area contributed by atoms with Crippen LogP contribution in [0.5, 0.6) is 0 Å². The highest BCUT2D eigenvalue weighted by Gasteiger charge is 2.28. The smallest absolute Gasteiger partial charge is 0.375 e. The minimum Gasteiger partial charge on any atom is -0.454 e. The van der Waals surface area contributed by atoms with Gasteiger partial charge in [-0.15, -0.1) is 11.8 Å². The van der Waals surface area contributed by atoms with Crippen LogP contribution in [0.3, 0.4) is 0 Å². The molecule has 0 unspecified atom stereocenters. The maximum absolute atomic E-state index is 11.7. The predicted molar refractivity (Wildman–Crippen MR) is 63.4 cm³/mol. The number of cyclic esters (lactones) is 1. The average Bonchev–Trinajstić information content (AvgIpc) is 2.71. The number of carbonyl (C=O) groups is 2. The molecule has 2 rings (SSSR count). The third-order valence-electron chi connectivity index (χ3n) is 2.22. The number of hydrogen-bond acceptors (Lipinski definition) is 5. The van der Waals surface area contributed by atoms with Crippen LogP contribution >= 0.6 is 11.8 Å². The molecule has 0 fully saturated rings. The van der Waals surface area contributed by atoms with Gasteiger partial charge < -0.3 is 9.47 Å². The normalized spacial score (nSPS) is 14.8. The Bertz CT molecular complexity index is 479. The van der Waals surface area contributed by atoms with Gasteiger partial charge in [0.1, 0.15) is 6.61 Å². The first-order valence-corrected chi connectivity index (χ1v) is 6.16. The molecule has 0 saturated heterocycles. The van der Waals surface area contributed by atoms with E-state index in [0.29, 0.717) is 10.5 Å². The van der Waals surface area contributed by atoms with Crippen molar-refractivity contribution < 1.29 is 19.1 Å². The van der Waals surface area contributed by atoms with Crippen LogP contribution in [0.2, 0.25) is 0 Å². The van der Waals surface area contributed by atoms with E-state index >= 15 is 0 Å². The van der Waals surface area contributed by atoms with Gasteiger partial charge in [0.2, 0.25) is 5.76 Å². The standard InChI is InChI=1S/C12H10O4S/c1-17-9-7-15-12(14)10(9)16-11(13)8-5-3-2-4-6-8/h2-6H,7H2,1H3. The first kappa shape index (κ1) is 11.7. The summed E-state index contributed by atoms with van der Waals surface area (Å²) in [6.45, 7) is 0.178. The molecule has 0 N–H and O–H groups in total. The lowest BCUT2D eigenvalue weighted by Gasteiger charge is -2.03. The highest BCUT2D eigenvalue weighted by molar-refractivity contribution is 8.02. The molecule has 1 aromatic rings. The van der Waals surface area contributed by atoms with E-state index in [1.807, 2.05) is 0 Å². The number of rotatable bonds is 3. The summed E-state index contributed by atoms with van der Waals surface area (Å²) >= 11 is 1.34. The van der Waals surface area contributed by atoms with Crippen LogP contribution in [0.15, 0.2) is 41.0 Å². The summed E-state index contributed by atoms with van der Waals surface area (Å²) in [5.74, 6) is -1.13. The van der Waals surface area contributed by atoms with E-state index in [2.05, 4.69) is 0 Å². The second-order valence-corrected chi connectivity index (χ2v) is 4.19. The van der Waals surface area contributed by atoms with Crippen LogP contribution in [0.1, 0.15) is 10.4 Å². The fraction of sp³-hybridized carbons (Fsp3) is 0.167. The maximum Gasteiger partial charge on any atom is 0.375 e. The minimum absolute atomic E-state index is 0.00588. The van der Waals surface area contributed by atoms with Crippen LogP contribution in [-0.4, -0.2) is 24.8 Å². The van der Waals surface area contributed by atoms with Crippen molar-refractivity contribution in [1.82, 2.24) is 0 Å². The molecule has 1 heterocycles. The first-order chi connectivity index (χ1) is 8.22. The highest BCUT2D eigenvalue weighted by Crippen LogP contribution is 2.26. The molecule has 0 radical (unpaired) electrons. The van der Waals surface area contributed by atoms with Gasteiger partial charge in [0.15, 0.2) is 0 Å². The zero-order valence-corrected chi connectivity index (χ0v) is 9.95. The second kappa shape index (κ2) is 5.05. The van der Waals surface area contributed by atoms with Gasteiger partial charge in [-0.3, -0.25) is 0 Å². The van der Waals surface area contributed by atoms with E-state index in [-0.39, 0.29) is 12.4 Å². The Kier molecular flexibility index (Phi) is 3.49. The molecule has 17 heavy (non-hydrogen) atoms. The Morgan fingerprint density at radius 3 is 2.71 bits per heavy atom. The van der Waals surface area contributed by atoms with Gasteiger partial charge in [0, 0.05) is 0 Å². The fourth-order valence-electron chi connectivity index (χ4n) is 1.35. The van der Waals surface area contributed by atoms with Crippen molar-refractivity contribution in [3.05, 3.63) is 46.6 Å². The number of hydrogen-bond donors (Lipinski definition) is 0. The summed E-state index contributed by atoms with van der Waals surface area (Å²) < 4.78 is 9.85. The lowest BCUT2D eigenvalue weighted by molar-refractivity contribution is -0.138. The molecule has 0 amide bonds. The topological polar surface area (TPSA) is 52.6 Å². The van der Waals surface area contributed by atoms with Crippen LogP contribution in [0.4, 0.5) is 0 Å². The summed E-state index contributed by atoms with van der Waals surface area (Å²) in [5, 5.41) is 0. The van der Waals surface area contributed by atoms with Gasteiger partial charge in [-0.2, -0.15) is 0 Å². The van der Waals surface area contributed by atoms with Gasteiger partial charge >= 0.3 is 11.9 Å². The third-order valence-corrected chi connectivity index (χ3v) is 3.02. The number of esters is 2.